The van der Waals surface area contributed by atoms with Crippen LogP contribution < -0.4 is 5.32 Å². The average molecular weight is 382 g/mol. The number of carbonyl (C=O) groups is 3. The molecule has 0 saturated carbocycles. The summed E-state index contributed by atoms with van der Waals surface area (Å²) in [5.41, 5.74) is 0.335. The van der Waals surface area contributed by atoms with E-state index in [4.69, 9.17) is 16.6 Å². The molecule has 1 aliphatic rings. The standard InChI is InChI=1S/C19H14N2O5S/c1-2-9-21-17(23)14(16(22)20-19(21)27)10-11-7-8-15(26-11)12-5-3-4-6-13(12)18(24)25/h2-8,10H,1,9H2,(H,24,25)(H,20,22,27)/b14-10-. The van der Waals surface area contributed by atoms with Crippen molar-refractivity contribution >= 4 is 41.2 Å². The predicted molar refractivity (Wildman–Crippen MR) is 102 cm³/mol. The zero-order valence-corrected chi connectivity index (χ0v) is 14.8. The maximum absolute atomic E-state index is 12.5. The van der Waals surface area contributed by atoms with Crippen LogP contribution in [0.25, 0.3) is 17.4 Å². The second-order valence-electron chi connectivity index (χ2n) is 5.57. The van der Waals surface area contributed by atoms with Crippen molar-refractivity contribution in [3.8, 4) is 11.3 Å². The normalized spacial score (nSPS) is 15.8. The van der Waals surface area contributed by atoms with E-state index in [0.717, 1.165) is 0 Å². The third kappa shape index (κ3) is 3.56. The van der Waals surface area contributed by atoms with Gasteiger partial charge in [0.25, 0.3) is 11.8 Å². The summed E-state index contributed by atoms with van der Waals surface area (Å²) in [5, 5.41) is 11.7. The molecule has 0 spiro atoms. The number of amides is 2. The minimum absolute atomic E-state index is 0.0116. The number of rotatable bonds is 5. The Kier molecular flexibility index (Phi) is 5.00. The summed E-state index contributed by atoms with van der Waals surface area (Å²) in [6.07, 6.45) is 2.79. The molecule has 0 aliphatic carbocycles. The highest BCUT2D eigenvalue weighted by atomic mass is 32.1. The molecule has 1 aliphatic heterocycles. The van der Waals surface area contributed by atoms with E-state index in [9.17, 15) is 19.5 Å². The molecule has 2 aromatic rings. The first-order valence-electron chi connectivity index (χ1n) is 7.84. The fraction of sp³-hybridized carbons (Fsp3) is 0.0526. The second kappa shape index (κ2) is 7.38. The molecule has 1 fully saturated rings. The van der Waals surface area contributed by atoms with Gasteiger partial charge in [-0.05, 0) is 36.5 Å². The van der Waals surface area contributed by atoms with E-state index in [1.54, 1.807) is 30.3 Å². The first kappa shape index (κ1) is 18.3. The summed E-state index contributed by atoms with van der Waals surface area (Å²) in [4.78, 5) is 37.2. The Balaban J connectivity index is 1.96. The Labute approximate surface area is 159 Å². The van der Waals surface area contributed by atoms with Gasteiger partial charge in [0, 0.05) is 12.1 Å². The second-order valence-corrected chi connectivity index (χ2v) is 5.96. The van der Waals surface area contributed by atoms with E-state index in [2.05, 4.69) is 11.9 Å². The van der Waals surface area contributed by atoms with Crippen LogP contribution in [0.2, 0.25) is 0 Å². The van der Waals surface area contributed by atoms with Crippen LogP contribution in [0.3, 0.4) is 0 Å². The quantitative estimate of drug-likeness (QED) is 0.357. The number of carbonyl (C=O) groups excluding carboxylic acids is 2. The van der Waals surface area contributed by atoms with Crippen molar-refractivity contribution in [3.05, 3.63) is 65.9 Å². The van der Waals surface area contributed by atoms with Crippen molar-refractivity contribution in [1.82, 2.24) is 10.2 Å². The Morgan fingerprint density at radius 1 is 1.26 bits per heavy atom. The number of hydrogen-bond donors (Lipinski definition) is 2. The topological polar surface area (TPSA) is 99.8 Å². The first-order chi connectivity index (χ1) is 12.9. The van der Waals surface area contributed by atoms with Crippen LogP contribution in [0.15, 0.2) is 59.0 Å². The SMILES string of the molecule is C=CCN1C(=O)/C(=C\c2ccc(-c3ccccc3C(=O)O)o2)C(=O)NC1=S. The summed E-state index contributed by atoms with van der Waals surface area (Å²) in [6.45, 7) is 3.72. The fourth-order valence-electron chi connectivity index (χ4n) is 2.59. The van der Waals surface area contributed by atoms with Crippen molar-refractivity contribution < 1.29 is 23.9 Å². The summed E-state index contributed by atoms with van der Waals surface area (Å²) in [7, 11) is 0. The van der Waals surface area contributed by atoms with Crippen molar-refractivity contribution in [2.45, 2.75) is 0 Å². The van der Waals surface area contributed by atoms with E-state index in [1.165, 1.54) is 23.1 Å². The number of nitrogens with one attached hydrogen (secondary N) is 1. The van der Waals surface area contributed by atoms with Gasteiger partial charge in [-0.15, -0.1) is 6.58 Å². The molecule has 1 aromatic carbocycles. The average Bonchev–Trinajstić information content (AvgIpc) is 3.10. The Bertz CT molecular complexity index is 1010. The van der Waals surface area contributed by atoms with Crippen molar-refractivity contribution in [2.24, 2.45) is 0 Å². The third-order valence-electron chi connectivity index (χ3n) is 3.83. The molecule has 7 nitrogen and oxygen atoms in total. The van der Waals surface area contributed by atoms with Gasteiger partial charge in [-0.1, -0.05) is 24.3 Å². The molecule has 2 heterocycles. The van der Waals surface area contributed by atoms with Crippen LogP contribution in [0.5, 0.6) is 0 Å². The number of furan rings is 1. The van der Waals surface area contributed by atoms with E-state index in [0.29, 0.717) is 11.3 Å². The highest BCUT2D eigenvalue weighted by Crippen LogP contribution is 2.27. The van der Waals surface area contributed by atoms with Gasteiger partial charge in [0.05, 0.1) is 5.56 Å². The number of benzene rings is 1. The molecule has 8 heteroatoms. The smallest absolute Gasteiger partial charge is 0.336 e. The molecular weight excluding hydrogens is 368 g/mol. The van der Waals surface area contributed by atoms with Crippen LogP contribution in [-0.4, -0.2) is 39.4 Å². The molecule has 0 unspecified atom stereocenters. The lowest BCUT2D eigenvalue weighted by Crippen LogP contribution is -2.53. The van der Waals surface area contributed by atoms with Crippen molar-refractivity contribution in [3.63, 3.8) is 0 Å². The number of carboxylic acids is 1. The van der Waals surface area contributed by atoms with Gasteiger partial charge in [0.2, 0.25) is 0 Å². The van der Waals surface area contributed by atoms with Crippen LogP contribution in [0, 0.1) is 0 Å². The van der Waals surface area contributed by atoms with E-state index >= 15 is 0 Å². The number of thiocarbonyl (C=S) groups is 1. The molecule has 0 atom stereocenters. The molecule has 2 N–H and O–H groups in total. The van der Waals surface area contributed by atoms with E-state index in [1.807, 2.05) is 0 Å². The maximum Gasteiger partial charge on any atom is 0.336 e. The summed E-state index contributed by atoms with van der Waals surface area (Å²) < 4.78 is 5.64. The lowest BCUT2D eigenvalue weighted by molar-refractivity contribution is -0.128. The van der Waals surface area contributed by atoms with Gasteiger partial charge >= 0.3 is 5.97 Å². The lowest BCUT2D eigenvalue weighted by Gasteiger charge is -2.27. The van der Waals surface area contributed by atoms with Crippen LogP contribution >= 0.6 is 12.2 Å². The van der Waals surface area contributed by atoms with Gasteiger partial charge in [0.1, 0.15) is 17.1 Å². The van der Waals surface area contributed by atoms with Gasteiger partial charge in [0.15, 0.2) is 5.11 Å². The number of carboxylic acid groups (broad SMARTS) is 1. The highest BCUT2D eigenvalue weighted by molar-refractivity contribution is 7.80. The Hall–Kier alpha value is -3.52. The Morgan fingerprint density at radius 2 is 2.00 bits per heavy atom. The minimum Gasteiger partial charge on any atom is -0.478 e. The molecule has 136 valence electrons. The van der Waals surface area contributed by atoms with Gasteiger partial charge < -0.3 is 9.52 Å². The molecule has 0 bridgehead atoms. The van der Waals surface area contributed by atoms with E-state index in [-0.39, 0.29) is 28.6 Å². The van der Waals surface area contributed by atoms with Crippen LogP contribution in [-0.2, 0) is 9.59 Å². The van der Waals surface area contributed by atoms with Gasteiger partial charge in [-0.25, -0.2) is 4.79 Å². The van der Waals surface area contributed by atoms with Crippen LogP contribution in [0.1, 0.15) is 16.1 Å². The molecule has 2 amide bonds. The minimum atomic E-state index is -1.09. The predicted octanol–water partition coefficient (Wildman–Crippen LogP) is 2.46. The third-order valence-corrected chi connectivity index (χ3v) is 4.16. The summed E-state index contributed by atoms with van der Waals surface area (Å²) in [6, 6.07) is 9.50. The largest absolute Gasteiger partial charge is 0.478 e. The molecule has 3 rings (SSSR count). The van der Waals surface area contributed by atoms with Crippen LogP contribution in [0.4, 0.5) is 0 Å². The summed E-state index contributed by atoms with van der Waals surface area (Å²) >= 11 is 4.99. The van der Waals surface area contributed by atoms with Crippen molar-refractivity contribution in [2.75, 3.05) is 6.54 Å². The highest BCUT2D eigenvalue weighted by Gasteiger charge is 2.32. The number of hydrogen-bond acceptors (Lipinski definition) is 5. The van der Waals surface area contributed by atoms with Crippen molar-refractivity contribution in [1.29, 1.82) is 0 Å². The molecule has 0 radical (unpaired) electrons. The van der Waals surface area contributed by atoms with Gasteiger partial charge in [-0.2, -0.15) is 0 Å². The number of aromatic carboxylic acids is 1. The molecule has 1 saturated heterocycles. The Morgan fingerprint density at radius 3 is 2.70 bits per heavy atom. The summed E-state index contributed by atoms with van der Waals surface area (Å²) in [5.74, 6) is -1.74. The fourth-order valence-corrected chi connectivity index (χ4v) is 2.84. The van der Waals surface area contributed by atoms with Gasteiger partial charge in [-0.3, -0.25) is 19.8 Å². The number of nitrogens with zero attached hydrogens (tertiary/aromatic N) is 1. The molecule has 27 heavy (non-hydrogen) atoms. The first-order valence-corrected chi connectivity index (χ1v) is 8.25. The lowest BCUT2D eigenvalue weighted by atomic mass is 10.1. The van der Waals surface area contributed by atoms with E-state index < -0.39 is 17.8 Å². The zero-order chi connectivity index (χ0) is 19.6. The maximum atomic E-state index is 12.5. The monoisotopic (exact) mass is 382 g/mol. The zero-order valence-electron chi connectivity index (χ0n) is 14.0. The molecule has 1 aromatic heterocycles. The molecular formula is C19H14N2O5S.